The second-order valence-electron chi connectivity index (χ2n) is 5.07. The number of rotatable bonds is 2. The van der Waals surface area contributed by atoms with Crippen molar-refractivity contribution in [2.24, 2.45) is 0 Å². The summed E-state index contributed by atoms with van der Waals surface area (Å²) in [4.78, 5) is 8.87. The maximum atomic E-state index is 6.04. The molecule has 5 heteroatoms. The number of nitrogens with two attached hydrogens (primary N) is 1. The summed E-state index contributed by atoms with van der Waals surface area (Å²) < 4.78 is 2.13. The van der Waals surface area contributed by atoms with Crippen LogP contribution >= 0.6 is 12.4 Å². The van der Waals surface area contributed by atoms with Gasteiger partial charge >= 0.3 is 0 Å². The molecule has 2 N–H and O–H groups in total. The number of benzene rings is 2. The SMILES string of the molecule is Cl.Nc1nc2ccccc2c2c1ncn2Cc1ccccc1. The third kappa shape index (κ3) is 2.27. The highest BCUT2D eigenvalue weighted by Crippen LogP contribution is 2.27. The summed E-state index contributed by atoms with van der Waals surface area (Å²) in [5.41, 5.74) is 9.99. The number of anilines is 1. The van der Waals surface area contributed by atoms with Crippen LogP contribution in [0.25, 0.3) is 21.9 Å². The van der Waals surface area contributed by atoms with Crippen molar-refractivity contribution in [3.05, 3.63) is 66.5 Å². The normalized spacial score (nSPS) is 10.7. The minimum Gasteiger partial charge on any atom is -0.382 e. The Morgan fingerprint density at radius 2 is 1.68 bits per heavy atom. The van der Waals surface area contributed by atoms with E-state index in [0.717, 1.165) is 28.5 Å². The van der Waals surface area contributed by atoms with Crippen LogP contribution in [0.1, 0.15) is 5.56 Å². The fourth-order valence-corrected chi connectivity index (χ4v) is 2.71. The smallest absolute Gasteiger partial charge is 0.152 e. The van der Waals surface area contributed by atoms with E-state index in [-0.39, 0.29) is 12.4 Å². The van der Waals surface area contributed by atoms with E-state index in [4.69, 9.17) is 5.73 Å². The zero-order valence-electron chi connectivity index (χ0n) is 11.8. The molecule has 0 aliphatic rings. The summed E-state index contributed by atoms with van der Waals surface area (Å²) in [5.74, 6) is 0.482. The molecule has 4 rings (SSSR count). The van der Waals surface area contributed by atoms with Crippen LogP contribution in [0.5, 0.6) is 0 Å². The summed E-state index contributed by atoms with van der Waals surface area (Å²) in [6.07, 6.45) is 1.84. The number of para-hydroxylation sites is 1. The lowest BCUT2D eigenvalue weighted by molar-refractivity contribution is 0.827. The molecule has 4 aromatic rings. The zero-order valence-corrected chi connectivity index (χ0v) is 12.6. The first kappa shape index (κ1) is 14.4. The predicted octanol–water partition coefficient (Wildman–Crippen LogP) is 3.64. The van der Waals surface area contributed by atoms with E-state index < -0.39 is 0 Å². The average molecular weight is 311 g/mol. The van der Waals surface area contributed by atoms with Crippen LogP contribution in [0.4, 0.5) is 5.82 Å². The number of fused-ring (bicyclic) bond motifs is 3. The number of nitrogen functional groups attached to an aromatic ring is 1. The lowest BCUT2D eigenvalue weighted by Crippen LogP contribution is -1.99. The van der Waals surface area contributed by atoms with Crippen molar-refractivity contribution in [3.8, 4) is 0 Å². The van der Waals surface area contributed by atoms with Gasteiger partial charge in [-0.05, 0) is 11.6 Å². The van der Waals surface area contributed by atoms with Crippen molar-refractivity contribution in [2.75, 3.05) is 5.73 Å². The molecule has 0 aliphatic heterocycles. The molecule has 2 heterocycles. The molecular formula is C17H15ClN4. The van der Waals surface area contributed by atoms with Gasteiger partial charge in [-0.15, -0.1) is 12.4 Å². The molecule has 4 nitrogen and oxygen atoms in total. The highest BCUT2D eigenvalue weighted by atomic mass is 35.5. The quantitative estimate of drug-likeness (QED) is 0.615. The monoisotopic (exact) mass is 310 g/mol. The van der Waals surface area contributed by atoms with Crippen molar-refractivity contribution in [2.45, 2.75) is 6.54 Å². The Kier molecular flexibility index (Phi) is 3.69. The van der Waals surface area contributed by atoms with Crippen molar-refractivity contribution >= 4 is 40.2 Å². The Morgan fingerprint density at radius 1 is 0.955 bits per heavy atom. The van der Waals surface area contributed by atoms with Crippen LogP contribution in [0, 0.1) is 0 Å². The number of imidazole rings is 1. The van der Waals surface area contributed by atoms with Gasteiger partial charge in [0.15, 0.2) is 5.82 Å². The van der Waals surface area contributed by atoms with Gasteiger partial charge in [-0.1, -0.05) is 48.5 Å². The molecule has 0 unspecified atom stereocenters. The molecule has 0 bridgehead atoms. The summed E-state index contributed by atoms with van der Waals surface area (Å²) in [6, 6.07) is 18.4. The molecule has 0 aliphatic carbocycles. The molecular weight excluding hydrogens is 296 g/mol. The zero-order chi connectivity index (χ0) is 14.2. The van der Waals surface area contributed by atoms with Crippen LogP contribution in [-0.4, -0.2) is 14.5 Å². The first-order chi connectivity index (χ1) is 10.3. The first-order valence-corrected chi connectivity index (χ1v) is 6.86. The molecule has 0 saturated carbocycles. The number of pyridine rings is 1. The van der Waals surface area contributed by atoms with Gasteiger partial charge in [0.05, 0.1) is 17.4 Å². The number of hydrogen-bond acceptors (Lipinski definition) is 3. The summed E-state index contributed by atoms with van der Waals surface area (Å²) >= 11 is 0. The highest BCUT2D eigenvalue weighted by molar-refractivity contribution is 6.06. The molecule has 22 heavy (non-hydrogen) atoms. The minimum atomic E-state index is 0. The second-order valence-corrected chi connectivity index (χ2v) is 5.07. The molecule has 0 atom stereocenters. The van der Waals surface area contributed by atoms with Gasteiger partial charge in [-0.3, -0.25) is 0 Å². The van der Waals surface area contributed by atoms with Gasteiger partial charge in [0, 0.05) is 11.9 Å². The van der Waals surface area contributed by atoms with Crippen LogP contribution in [0.2, 0.25) is 0 Å². The molecule has 0 fully saturated rings. The lowest BCUT2D eigenvalue weighted by Gasteiger charge is -2.07. The van der Waals surface area contributed by atoms with Crippen LogP contribution in [-0.2, 0) is 6.54 Å². The molecule has 0 saturated heterocycles. The van der Waals surface area contributed by atoms with E-state index in [2.05, 4.69) is 32.7 Å². The predicted molar refractivity (Wildman–Crippen MR) is 92.2 cm³/mol. The summed E-state index contributed by atoms with van der Waals surface area (Å²) in [6.45, 7) is 0.769. The first-order valence-electron chi connectivity index (χ1n) is 6.86. The van der Waals surface area contributed by atoms with E-state index >= 15 is 0 Å². The van der Waals surface area contributed by atoms with Crippen molar-refractivity contribution in [1.29, 1.82) is 0 Å². The van der Waals surface area contributed by atoms with Crippen molar-refractivity contribution < 1.29 is 0 Å². The molecule has 0 radical (unpaired) electrons. The van der Waals surface area contributed by atoms with Crippen LogP contribution in [0.15, 0.2) is 60.9 Å². The molecule has 110 valence electrons. The molecule has 0 spiro atoms. The number of nitrogens with zero attached hydrogens (tertiary/aromatic N) is 3. The average Bonchev–Trinajstić information content (AvgIpc) is 2.93. The van der Waals surface area contributed by atoms with Gasteiger partial charge in [-0.25, -0.2) is 9.97 Å². The minimum absolute atomic E-state index is 0. The Balaban J connectivity index is 0.00000144. The maximum Gasteiger partial charge on any atom is 0.152 e. The number of aromatic nitrogens is 3. The van der Waals surface area contributed by atoms with E-state index in [1.54, 1.807) is 0 Å². The Hall–Kier alpha value is -2.59. The van der Waals surface area contributed by atoms with Gasteiger partial charge in [0.25, 0.3) is 0 Å². The Bertz CT molecular complexity index is 931. The van der Waals surface area contributed by atoms with Crippen LogP contribution < -0.4 is 5.73 Å². The summed E-state index contributed by atoms with van der Waals surface area (Å²) in [5, 5.41) is 1.08. The van der Waals surface area contributed by atoms with Gasteiger partial charge < -0.3 is 10.3 Å². The molecule has 2 aromatic heterocycles. The standard InChI is InChI=1S/C17H14N4.ClH/c18-17-15-16(13-8-4-5-9-14(13)20-17)21(11-19-15)10-12-6-2-1-3-7-12;/h1-9,11H,10H2,(H2,18,20);1H. The lowest BCUT2D eigenvalue weighted by atomic mass is 10.1. The number of hydrogen-bond donors (Lipinski definition) is 1. The topological polar surface area (TPSA) is 56.7 Å². The van der Waals surface area contributed by atoms with Gasteiger partial charge in [0.1, 0.15) is 5.52 Å². The highest BCUT2D eigenvalue weighted by Gasteiger charge is 2.11. The number of halogens is 1. The van der Waals surface area contributed by atoms with E-state index in [1.807, 2.05) is 42.7 Å². The molecule has 0 amide bonds. The second kappa shape index (κ2) is 5.66. The Labute approximate surface area is 134 Å². The van der Waals surface area contributed by atoms with E-state index in [1.165, 1.54) is 5.56 Å². The fourth-order valence-electron chi connectivity index (χ4n) is 2.71. The van der Waals surface area contributed by atoms with Gasteiger partial charge in [0.2, 0.25) is 0 Å². The molecule has 2 aromatic carbocycles. The third-order valence-electron chi connectivity index (χ3n) is 3.68. The van der Waals surface area contributed by atoms with Crippen molar-refractivity contribution in [1.82, 2.24) is 14.5 Å². The Morgan fingerprint density at radius 3 is 2.50 bits per heavy atom. The van der Waals surface area contributed by atoms with Crippen LogP contribution in [0.3, 0.4) is 0 Å². The van der Waals surface area contributed by atoms with Gasteiger partial charge in [-0.2, -0.15) is 0 Å². The van der Waals surface area contributed by atoms with E-state index in [9.17, 15) is 0 Å². The fraction of sp³-hybridized carbons (Fsp3) is 0.0588. The summed E-state index contributed by atoms with van der Waals surface area (Å²) in [7, 11) is 0. The largest absolute Gasteiger partial charge is 0.382 e. The maximum absolute atomic E-state index is 6.04. The van der Waals surface area contributed by atoms with Crippen molar-refractivity contribution in [3.63, 3.8) is 0 Å². The van der Waals surface area contributed by atoms with E-state index in [0.29, 0.717) is 5.82 Å². The third-order valence-corrected chi connectivity index (χ3v) is 3.68.